The molecule has 0 bridgehead atoms. The summed E-state index contributed by atoms with van der Waals surface area (Å²) in [4.78, 5) is 5.05. The zero-order chi connectivity index (χ0) is 19.2. The van der Waals surface area contributed by atoms with Crippen molar-refractivity contribution in [2.75, 3.05) is 37.7 Å². The molecular formula is C21H32N6O. The standard InChI is InChI=1S/C21H32N6O/c1-2-3-11-20(21-22-23-24-27(21)17-19-10-7-16-28-19)26-14-12-25(13-15-26)18-8-5-4-6-9-18/h4-6,8-9,19-20H,2-3,7,10-17H2,1H3/t19-,20+/m1/s1. The molecule has 2 aliphatic rings. The number of hydrogen-bond donors (Lipinski definition) is 0. The Labute approximate surface area is 167 Å². The Bertz CT molecular complexity index is 707. The van der Waals surface area contributed by atoms with Crippen LogP contribution in [0.4, 0.5) is 5.69 Å². The molecule has 0 spiro atoms. The van der Waals surface area contributed by atoms with Gasteiger partial charge in [0.15, 0.2) is 5.82 Å². The Kier molecular flexibility index (Phi) is 6.54. The van der Waals surface area contributed by atoms with Gasteiger partial charge in [-0.05, 0) is 41.8 Å². The molecule has 7 heteroatoms. The maximum absolute atomic E-state index is 5.81. The van der Waals surface area contributed by atoms with E-state index in [1.54, 1.807) is 0 Å². The molecule has 28 heavy (non-hydrogen) atoms. The number of benzene rings is 1. The highest BCUT2D eigenvalue weighted by Gasteiger charge is 2.30. The number of nitrogens with zero attached hydrogens (tertiary/aromatic N) is 6. The second kappa shape index (κ2) is 9.47. The summed E-state index contributed by atoms with van der Waals surface area (Å²) in [7, 11) is 0. The van der Waals surface area contributed by atoms with Gasteiger partial charge in [-0.3, -0.25) is 4.90 Å². The molecule has 2 aliphatic heterocycles. The molecule has 2 saturated heterocycles. The van der Waals surface area contributed by atoms with E-state index in [9.17, 15) is 0 Å². The van der Waals surface area contributed by atoms with Crippen molar-refractivity contribution in [3.8, 4) is 0 Å². The van der Waals surface area contributed by atoms with E-state index >= 15 is 0 Å². The zero-order valence-corrected chi connectivity index (χ0v) is 16.9. The molecule has 2 atom stereocenters. The third-order valence-electron chi connectivity index (χ3n) is 5.97. The van der Waals surface area contributed by atoms with E-state index in [-0.39, 0.29) is 12.1 Å². The topological polar surface area (TPSA) is 59.3 Å². The lowest BCUT2D eigenvalue weighted by atomic mass is 10.1. The van der Waals surface area contributed by atoms with Crippen molar-refractivity contribution < 1.29 is 4.74 Å². The molecular weight excluding hydrogens is 352 g/mol. The number of piperazine rings is 1. The van der Waals surface area contributed by atoms with Gasteiger partial charge in [0.25, 0.3) is 0 Å². The zero-order valence-electron chi connectivity index (χ0n) is 16.9. The number of aromatic nitrogens is 4. The Balaban J connectivity index is 1.44. The second-order valence-electron chi connectivity index (χ2n) is 7.87. The summed E-state index contributed by atoms with van der Waals surface area (Å²) in [5.74, 6) is 1.01. The van der Waals surface area contributed by atoms with E-state index in [1.165, 1.54) is 18.5 Å². The van der Waals surface area contributed by atoms with Crippen LogP contribution in [0.25, 0.3) is 0 Å². The fraction of sp³-hybridized carbons (Fsp3) is 0.667. The van der Waals surface area contributed by atoms with Gasteiger partial charge in [-0.1, -0.05) is 38.0 Å². The van der Waals surface area contributed by atoms with Crippen molar-refractivity contribution in [1.82, 2.24) is 25.1 Å². The van der Waals surface area contributed by atoms with Crippen LogP contribution >= 0.6 is 0 Å². The number of unbranched alkanes of at least 4 members (excludes halogenated alkanes) is 1. The quantitative estimate of drug-likeness (QED) is 0.697. The Hall–Kier alpha value is -1.99. The number of hydrogen-bond acceptors (Lipinski definition) is 6. The molecule has 0 aliphatic carbocycles. The Morgan fingerprint density at radius 3 is 2.68 bits per heavy atom. The largest absolute Gasteiger partial charge is 0.376 e. The van der Waals surface area contributed by atoms with Crippen LogP contribution < -0.4 is 4.90 Å². The Morgan fingerprint density at radius 1 is 1.14 bits per heavy atom. The molecule has 2 aromatic rings. The lowest BCUT2D eigenvalue weighted by Crippen LogP contribution is -2.48. The normalized spacial score (nSPS) is 21.9. The van der Waals surface area contributed by atoms with Crippen molar-refractivity contribution in [2.24, 2.45) is 0 Å². The van der Waals surface area contributed by atoms with Crippen molar-refractivity contribution in [3.05, 3.63) is 36.2 Å². The minimum absolute atomic E-state index is 0.254. The number of ether oxygens (including phenoxy) is 1. The van der Waals surface area contributed by atoms with Crippen molar-refractivity contribution >= 4 is 5.69 Å². The van der Waals surface area contributed by atoms with Gasteiger partial charge < -0.3 is 9.64 Å². The number of rotatable bonds is 8. The minimum Gasteiger partial charge on any atom is -0.376 e. The molecule has 0 N–H and O–H groups in total. The van der Waals surface area contributed by atoms with Crippen LogP contribution in [0.5, 0.6) is 0 Å². The van der Waals surface area contributed by atoms with Crippen LogP contribution in [0, 0.1) is 0 Å². The summed E-state index contributed by atoms with van der Waals surface area (Å²) >= 11 is 0. The van der Waals surface area contributed by atoms with Crippen LogP contribution in [0.1, 0.15) is 50.9 Å². The molecule has 0 unspecified atom stereocenters. The third-order valence-corrected chi connectivity index (χ3v) is 5.97. The fourth-order valence-corrected chi connectivity index (χ4v) is 4.36. The van der Waals surface area contributed by atoms with Crippen LogP contribution in [0.15, 0.2) is 30.3 Å². The van der Waals surface area contributed by atoms with E-state index in [4.69, 9.17) is 4.74 Å². The monoisotopic (exact) mass is 384 g/mol. The van der Waals surface area contributed by atoms with E-state index in [2.05, 4.69) is 62.6 Å². The maximum Gasteiger partial charge on any atom is 0.168 e. The van der Waals surface area contributed by atoms with Crippen LogP contribution in [-0.4, -0.2) is 64.0 Å². The first-order chi connectivity index (χ1) is 13.8. The number of anilines is 1. The highest BCUT2D eigenvalue weighted by Crippen LogP contribution is 2.28. The molecule has 4 rings (SSSR count). The summed E-state index contributed by atoms with van der Waals surface area (Å²) in [6.07, 6.45) is 5.99. The van der Waals surface area contributed by atoms with E-state index in [0.29, 0.717) is 0 Å². The predicted octanol–water partition coefficient (Wildman–Crippen LogP) is 2.91. The van der Waals surface area contributed by atoms with Crippen molar-refractivity contribution in [2.45, 2.75) is 57.7 Å². The summed E-state index contributed by atoms with van der Waals surface area (Å²) in [6.45, 7) is 8.05. The summed E-state index contributed by atoms with van der Waals surface area (Å²) in [5.41, 5.74) is 1.32. The smallest absolute Gasteiger partial charge is 0.168 e. The van der Waals surface area contributed by atoms with Gasteiger partial charge in [-0.2, -0.15) is 0 Å². The fourth-order valence-electron chi connectivity index (χ4n) is 4.36. The average Bonchev–Trinajstić information content (AvgIpc) is 3.42. The van der Waals surface area contributed by atoms with Gasteiger partial charge in [0, 0.05) is 38.5 Å². The van der Waals surface area contributed by atoms with Crippen LogP contribution in [0.2, 0.25) is 0 Å². The number of tetrazole rings is 1. The maximum atomic E-state index is 5.81. The van der Waals surface area contributed by atoms with Gasteiger partial charge in [-0.25, -0.2) is 4.68 Å². The van der Waals surface area contributed by atoms with E-state index in [0.717, 1.165) is 64.4 Å². The van der Waals surface area contributed by atoms with Gasteiger partial charge in [0.1, 0.15) is 0 Å². The SMILES string of the molecule is CCCC[C@@H](c1nnnn1C[C@H]1CCCO1)N1CCN(c2ccccc2)CC1. The van der Waals surface area contributed by atoms with E-state index in [1.807, 2.05) is 4.68 Å². The first-order valence-corrected chi connectivity index (χ1v) is 10.8. The second-order valence-corrected chi connectivity index (χ2v) is 7.87. The third kappa shape index (κ3) is 4.52. The molecule has 0 radical (unpaired) electrons. The van der Waals surface area contributed by atoms with Crippen molar-refractivity contribution in [1.29, 1.82) is 0 Å². The number of para-hydroxylation sites is 1. The molecule has 1 aromatic carbocycles. The molecule has 1 aromatic heterocycles. The summed E-state index contributed by atoms with van der Waals surface area (Å²) in [5, 5.41) is 12.8. The van der Waals surface area contributed by atoms with E-state index < -0.39 is 0 Å². The molecule has 7 nitrogen and oxygen atoms in total. The van der Waals surface area contributed by atoms with Gasteiger partial charge in [0.2, 0.25) is 0 Å². The molecule has 0 amide bonds. The highest BCUT2D eigenvalue weighted by molar-refractivity contribution is 5.46. The highest BCUT2D eigenvalue weighted by atomic mass is 16.5. The molecule has 2 fully saturated rings. The average molecular weight is 385 g/mol. The van der Waals surface area contributed by atoms with Gasteiger partial charge in [-0.15, -0.1) is 5.10 Å². The van der Waals surface area contributed by atoms with Crippen LogP contribution in [-0.2, 0) is 11.3 Å². The molecule has 152 valence electrons. The Morgan fingerprint density at radius 2 is 1.96 bits per heavy atom. The summed E-state index contributed by atoms with van der Waals surface area (Å²) in [6, 6.07) is 11.0. The van der Waals surface area contributed by atoms with Gasteiger partial charge in [0.05, 0.1) is 18.7 Å². The first kappa shape index (κ1) is 19.3. The predicted molar refractivity (Wildman–Crippen MR) is 109 cm³/mol. The lowest BCUT2D eigenvalue weighted by molar-refractivity contribution is 0.0890. The van der Waals surface area contributed by atoms with Crippen molar-refractivity contribution in [3.63, 3.8) is 0 Å². The summed E-state index contributed by atoms with van der Waals surface area (Å²) < 4.78 is 7.81. The lowest BCUT2D eigenvalue weighted by Gasteiger charge is -2.39. The van der Waals surface area contributed by atoms with Gasteiger partial charge >= 0.3 is 0 Å². The minimum atomic E-state index is 0.254. The molecule has 0 saturated carbocycles. The molecule has 3 heterocycles. The van der Waals surface area contributed by atoms with Crippen LogP contribution in [0.3, 0.4) is 0 Å². The first-order valence-electron chi connectivity index (χ1n) is 10.8.